The molecule has 0 radical (unpaired) electrons. The van der Waals surface area contributed by atoms with Crippen LogP contribution in [0.2, 0.25) is 0 Å². The molecule has 7 rings (SSSR count). The number of aliphatic hydroxyl groups excluding tert-OH is 1. The molecule has 2 heterocycles. The van der Waals surface area contributed by atoms with Crippen LogP contribution in [0.25, 0.3) is 0 Å². The number of carbonyl (C=O) groups is 2. The van der Waals surface area contributed by atoms with Gasteiger partial charge in [-0.15, -0.1) is 0 Å². The zero-order chi connectivity index (χ0) is 25.7. The van der Waals surface area contributed by atoms with Gasteiger partial charge in [0.15, 0.2) is 5.60 Å². The van der Waals surface area contributed by atoms with Crippen LogP contribution in [0.15, 0.2) is 12.2 Å². The van der Waals surface area contributed by atoms with Crippen LogP contribution in [0, 0.1) is 51.2 Å². The molecule has 0 aromatic heterocycles. The first kappa shape index (κ1) is 23.7. The van der Waals surface area contributed by atoms with Crippen LogP contribution in [0.3, 0.4) is 0 Å². The standard InChI is InChI=1S/C30H42O6/c1-25(2)21-14-19(31)23-27(4)8-6-18(17-12-16-13-20(17)35-24(33)28(16,5)34)26(27,3)10-11-30(23)15-29(21,30)9-7-22(32)36-25/h7,9,16-21,23,31,34H,6,8,10-15H2,1-5H3. The molecule has 6 nitrogen and oxygen atoms in total. The van der Waals surface area contributed by atoms with E-state index in [1.54, 1.807) is 13.0 Å². The van der Waals surface area contributed by atoms with Gasteiger partial charge in [0, 0.05) is 23.3 Å². The summed E-state index contributed by atoms with van der Waals surface area (Å²) in [4.78, 5) is 25.0. The average molecular weight is 499 g/mol. The maximum atomic E-state index is 12.5. The van der Waals surface area contributed by atoms with E-state index in [1.807, 2.05) is 13.8 Å². The third-order valence-electron chi connectivity index (χ3n) is 13.6. The van der Waals surface area contributed by atoms with Crippen molar-refractivity contribution < 1.29 is 29.3 Å². The van der Waals surface area contributed by atoms with Crippen LogP contribution in [0.5, 0.6) is 0 Å². The molecule has 2 spiro atoms. The molecule has 0 aromatic rings. The molecule has 5 aliphatic carbocycles. The molecule has 2 N–H and O–H groups in total. The van der Waals surface area contributed by atoms with Gasteiger partial charge in [0.1, 0.15) is 11.7 Å². The highest BCUT2D eigenvalue weighted by atomic mass is 16.6. The molecule has 198 valence electrons. The van der Waals surface area contributed by atoms with Gasteiger partial charge in [0.2, 0.25) is 0 Å². The highest BCUT2D eigenvalue weighted by Crippen LogP contribution is 2.87. The zero-order valence-electron chi connectivity index (χ0n) is 22.4. The Balaban J connectivity index is 1.25. The lowest BCUT2D eigenvalue weighted by atomic mass is 9.43. The number of fused-ring (bicyclic) bond motifs is 4. The van der Waals surface area contributed by atoms with E-state index in [-0.39, 0.29) is 57.4 Å². The second-order valence-corrected chi connectivity index (χ2v) is 15.0. The Labute approximate surface area is 214 Å². The normalized spacial score (nSPS) is 60.1. The molecule has 2 bridgehead atoms. The molecule has 0 amide bonds. The molecule has 6 fully saturated rings. The SMILES string of the molecule is CC1(C)OC(=O)C=CC23CC24CCC2(C)C(C5CC6CC5OC(=O)C6(C)O)CCC2(C)C4C(O)CC13. The quantitative estimate of drug-likeness (QED) is 0.527. The van der Waals surface area contributed by atoms with Crippen molar-refractivity contribution in [2.24, 2.45) is 51.2 Å². The van der Waals surface area contributed by atoms with Crippen LogP contribution in [-0.2, 0) is 19.1 Å². The van der Waals surface area contributed by atoms with Gasteiger partial charge >= 0.3 is 11.9 Å². The smallest absolute Gasteiger partial charge is 0.338 e. The summed E-state index contributed by atoms with van der Waals surface area (Å²) in [6, 6.07) is 0. The first-order valence-electron chi connectivity index (χ1n) is 14.3. The molecule has 1 saturated heterocycles. The van der Waals surface area contributed by atoms with Gasteiger partial charge in [-0.1, -0.05) is 19.9 Å². The number of hydrogen-bond acceptors (Lipinski definition) is 6. The number of aliphatic hydroxyl groups is 2. The van der Waals surface area contributed by atoms with Crippen LogP contribution in [-0.4, -0.2) is 45.6 Å². The predicted octanol–water partition coefficient (Wildman–Crippen LogP) is 4.17. The fourth-order valence-electron chi connectivity index (χ4n) is 11.7. The average Bonchev–Trinajstić information content (AvgIpc) is 3.18. The Bertz CT molecular complexity index is 1080. The Morgan fingerprint density at radius 3 is 2.47 bits per heavy atom. The third kappa shape index (κ3) is 2.48. The monoisotopic (exact) mass is 498 g/mol. The van der Waals surface area contributed by atoms with Gasteiger partial charge in [-0.3, -0.25) is 0 Å². The summed E-state index contributed by atoms with van der Waals surface area (Å²) in [7, 11) is 0. The lowest BCUT2D eigenvalue weighted by Gasteiger charge is -2.62. The van der Waals surface area contributed by atoms with Gasteiger partial charge < -0.3 is 19.7 Å². The summed E-state index contributed by atoms with van der Waals surface area (Å²) >= 11 is 0. The molecule has 2 aliphatic heterocycles. The fraction of sp³-hybridized carbons (Fsp3) is 0.867. The molecular formula is C30H42O6. The van der Waals surface area contributed by atoms with Crippen molar-refractivity contribution in [3.63, 3.8) is 0 Å². The molecular weight excluding hydrogens is 456 g/mol. The number of cyclic esters (lactones) is 1. The van der Waals surface area contributed by atoms with Gasteiger partial charge in [0.25, 0.3) is 0 Å². The van der Waals surface area contributed by atoms with Crippen molar-refractivity contribution >= 4 is 11.9 Å². The summed E-state index contributed by atoms with van der Waals surface area (Å²) in [5, 5.41) is 22.7. The summed E-state index contributed by atoms with van der Waals surface area (Å²) in [5.41, 5.74) is -2.02. The van der Waals surface area contributed by atoms with E-state index < -0.39 is 23.3 Å². The number of hydrogen-bond donors (Lipinski definition) is 2. The minimum atomic E-state index is -1.38. The maximum absolute atomic E-state index is 12.5. The molecule has 6 heteroatoms. The van der Waals surface area contributed by atoms with Crippen molar-refractivity contribution in [2.45, 2.75) is 109 Å². The lowest BCUT2D eigenvalue weighted by molar-refractivity contribution is -0.194. The van der Waals surface area contributed by atoms with Gasteiger partial charge in [-0.05, 0) is 106 Å². The van der Waals surface area contributed by atoms with E-state index in [0.29, 0.717) is 12.3 Å². The highest BCUT2D eigenvalue weighted by Gasteiger charge is 2.83. The Hall–Kier alpha value is -1.40. The Morgan fingerprint density at radius 2 is 1.72 bits per heavy atom. The predicted molar refractivity (Wildman–Crippen MR) is 131 cm³/mol. The minimum Gasteiger partial charge on any atom is -0.460 e. The van der Waals surface area contributed by atoms with Gasteiger partial charge in [-0.2, -0.15) is 0 Å². The first-order valence-corrected chi connectivity index (χ1v) is 14.3. The highest BCUT2D eigenvalue weighted by molar-refractivity contribution is 5.83. The van der Waals surface area contributed by atoms with Crippen LogP contribution in [0.1, 0.15) is 86.0 Å². The number of allylic oxidation sites excluding steroid dienone is 1. The largest absolute Gasteiger partial charge is 0.460 e. The van der Waals surface area contributed by atoms with Crippen molar-refractivity contribution in [2.75, 3.05) is 0 Å². The Kier molecular flexibility index (Phi) is 4.34. The zero-order valence-corrected chi connectivity index (χ0v) is 22.4. The number of carbonyl (C=O) groups excluding carboxylic acids is 2. The van der Waals surface area contributed by atoms with Crippen molar-refractivity contribution in [3.8, 4) is 0 Å². The summed E-state index contributed by atoms with van der Waals surface area (Å²) < 4.78 is 11.7. The minimum absolute atomic E-state index is 0.0158. The number of rotatable bonds is 1. The molecule has 12 atom stereocenters. The lowest BCUT2D eigenvalue weighted by Crippen LogP contribution is -2.60. The van der Waals surface area contributed by atoms with Crippen molar-refractivity contribution in [1.29, 1.82) is 0 Å². The van der Waals surface area contributed by atoms with Crippen LogP contribution < -0.4 is 0 Å². The molecule has 7 aliphatic rings. The van der Waals surface area contributed by atoms with Crippen LogP contribution >= 0.6 is 0 Å². The summed E-state index contributed by atoms with van der Waals surface area (Å²) in [6.45, 7) is 10.6. The van der Waals surface area contributed by atoms with Crippen molar-refractivity contribution in [1.82, 2.24) is 0 Å². The second-order valence-electron chi connectivity index (χ2n) is 15.0. The van der Waals surface area contributed by atoms with E-state index >= 15 is 0 Å². The van der Waals surface area contributed by atoms with Gasteiger partial charge in [-0.25, -0.2) is 9.59 Å². The number of esters is 2. The summed E-state index contributed by atoms with van der Waals surface area (Å²) in [5.74, 6) is 0.267. The molecule has 12 unspecified atom stereocenters. The summed E-state index contributed by atoms with van der Waals surface area (Å²) in [6.07, 6.45) is 10.9. The van der Waals surface area contributed by atoms with E-state index in [9.17, 15) is 19.8 Å². The Morgan fingerprint density at radius 1 is 0.972 bits per heavy atom. The number of ether oxygens (including phenoxy) is 2. The van der Waals surface area contributed by atoms with Crippen LogP contribution in [0.4, 0.5) is 0 Å². The van der Waals surface area contributed by atoms with E-state index in [4.69, 9.17) is 9.47 Å². The second kappa shape index (κ2) is 6.59. The first-order chi connectivity index (χ1) is 16.7. The fourth-order valence-corrected chi connectivity index (χ4v) is 11.7. The molecule has 5 saturated carbocycles. The third-order valence-corrected chi connectivity index (χ3v) is 13.6. The van der Waals surface area contributed by atoms with Gasteiger partial charge in [0.05, 0.1) is 6.10 Å². The molecule has 0 aromatic carbocycles. The van der Waals surface area contributed by atoms with E-state index in [0.717, 1.165) is 44.9 Å². The topological polar surface area (TPSA) is 93.1 Å². The maximum Gasteiger partial charge on any atom is 0.338 e. The molecule has 36 heavy (non-hydrogen) atoms. The van der Waals surface area contributed by atoms with E-state index in [1.165, 1.54) is 0 Å². The van der Waals surface area contributed by atoms with E-state index in [2.05, 4.69) is 19.9 Å². The van der Waals surface area contributed by atoms with Crippen molar-refractivity contribution in [3.05, 3.63) is 12.2 Å².